The molecule has 3 aromatic carbocycles. The Hall–Kier alpha value is -3.27. The van der Waals surface area contributed by atoms with Gasteiger partial charge in [0.25, 0.3) is 5.91 Å². The van der Waals surface area contributed by atoms with E-state index in [0.717, 1.165) is 27.5 Å². The maximum Gasteiger partial charge on any atom is 0.287 e. The highest BCUT2D eigenvalue weighted by molar-refractivity contribution is 5.96. The van der Waals surface area contributed by atoms with Crippen molar-refractivity contribution in [1.82, 2.24) is 5.32 Å². The van der Waals surface area contributed by atoms with Crippen molar-refractivity contribution in [2.45, 2.75) is 6.54 Å². The van der Waals surface area contributed by atoms with E-state index in [1.165, 1.54) is 0 Å². The molecule has 0 saturated carbocycles. The lowest BCUT2D eigenvalue weighted by Crippen LogP contribution is -2.22. The summed E-state index contributed by atoms with van der Waals surface area (Å²) in [7, 11) is 1.66. The van der Waals surface area contributed by atoms with Gasteiger partial charge in [-0.2, -0.15) is 0 Å². The number of benzene rings is 3. The summed E-state index contributed by atoms with van der Waals surface area (Å²) in [6, 6.07) is 21.4. The number of carbonyl (C=O) groups excluding carboxylic acids is 1. The van der Waals surface area contributed by atoms with Crippen LogP contribution in [0.4, 0.5) is 0 Å². The van der Waals surface area contributed by atoms with Crippen LogP contribution in [0.1, 0.15) is 16.1 Å². The maximum absolute atomic E-state index is 12.3. The maximum atomic E-state index is 12.3. The highest BCUT2D eigenvalue weighted by Gasteiger charge is 2.11. The predicted octanol–water partition coefficient (Wildman–Crippen LogP) is 4.52. The zero-order valence-corrected chi connectivity index (χ0v) is 13.8. The monoisotopic (exact) mass is 331 g/mol. The molecular formula is C21H17NO3. The van der Waals surface area contributed by atoms with Gasteiger partial charge in [0, 0.05) is 11.9 Å². The number of hydrogen-bond donors (Lipinski definition) is 1. The molecule has 0 fully saturated rings. The Bertz CT molecular complexity index is 1030. The zero-order valence-electron chi connectivity index (χ0n) is 13.8. The molecule has 0 radical (unpaired) electrons. The van der Waals surface area contributed by atoms with Gasteiger partial charge in [0.2, 0.25) is 0 Å². The normalized spacial score (nSPS) is 10.9. The summed E-state index contributed by atoms with van der Waals surface area (Å²) in [4.78, 5) is 12.3. The van der Waals surface area contributed by atoms with Crippen LogP contribution in [0.25, 0.3) is 21.7 Å². The van der Waals surface area contributed by atoms with Gasteiger partial charge in [-0.3, -0.25) is 4.79 Å². The fraction of sp³-hybridized carbons (Fsp3) is 0.0952. The summed E-state index contributed by atoms with van der Waals surface area (Å²) in [5, 5.41) is 6.04. The van der Waals surface area contributed by atoms with Gasteiger partial charge in [-0.05, 0) is 46.7 Å². The van der Waals surface area contributed by atoms with Gasteiger partial charge >= 0.3 is 0 Å². The zero-order chi connectivity index (χ0) is 17.2. The SMILES string of the molecule is COc1ccc2cc(CNC(=O)c3cc4ccccc4o3)ccc2c1. The minimum Gasteiger partial charge on any atom is -0.497 e. The van der Waals surface area contributed by atoms with E-state index >= 15 is 0 Å². The van der Waals surface area contributed by atoms with Crippen molar-refractivity contribution in [2.24, 2.45) is 0 Å². The molecule has 0 saturated heterocycles. The first kappa shape index (κ1) is 15.3. The molecule has 1 N–H and O–H groups in total. The first-order chi connectivity index (χ1) is 12.2. The minimum absolute atomic E-state index is 0.217. The quantitative estimate of drug-likeness (QED) is 0.598. The fourth-order valence-electron chi connectivity index (χ4n) is 2.87. The van der Waals surface area contributed by atoms with Gasteiger partial charge in [0.1, 0.15) is 11.3 Å². The number of para-hydroxylation sites is 1. The van der Waals surface area contributed by atoms with Crippen molar-refractivity contribution < 1.29 is 13.9 Å². The molecule has 0 atom stereocenters. The number of carbonyl (C=O) groups is 1. The molecule has 0 spiro atoms. The fourth-order valence-corrected chi connectivity index (χ4v) is 2.87. The Labute approximate surface area is 145 Å². The smallest absolute Gasteiger partial charge is 0.287 e. The highest BCUT2D eigenvalue weighted by atomic mass is 16.5. The molecule has 1 aromatic heterocycles. The van der Waals surface area contributed by atoms with Crippen LogP contribution in [0.3, 0.4) is 0 Å². The van der Waals surface area contributed by atoms with Crippen molar-refractivity contribution in [1.29, 1.82) is 0 Å². The highest BCUT2D eigenvalue weighted by Crippen LogP contribution is 2.22. The van der Waals surface area contributed by atoms with Gasteiger partial charge in [-0.1, -0.05) is 36.4 Å². The summed E-state index contributed by atoms with van der Waals surface area (Å²) < 4.78 is 10.8. The van der Waals surface area contributed by atoms with Crippen molar-refractivity contribution in [3.63, 3.8) is 0 Å². The molecule has 0 aliphatic carbocycles. The van der Waals surface area contributed by atoms with E-state index in [1.807, 2.05) is 54.6 Å². The number of furan rings is 1. The summed E-state index contributed by atoms with van der Waals surface area (Å²) in [6.07, 6.45) is 0. The standard InChI is InChI=1S/C21H17NO3/c1-24-18-9-8-15-10-14(6-7-16(15)11-18)13-22-21(23)20-12-17-4-2-3-5-19(17)25-20/h2-12H,13H2,1H3,(H,22,23). The largest absolute Gasteiger partial charge is 0.497 e. The van der Waals surface area contributed by atoms with Crippen LogP contribution in [0.15, 0.2) is 71.1 Å². The van der Waals surface area contributed by atoms with Crippen LogP contribution >= 0.6 is 0 Å². The number of nitrogens with one attached hydrogen (secondary N) is 1. The van der Waals surface area contributed by atoms with E-state index < -0.39 is 0 Å². The molecule has 0 aliphatic heterocycles. The Morgan fingerprint density at radius 3 is 2.60 bits per heavy atom. The number of rotatable bonds is 4. The van der Waals surface area contributed by atoms with Crippen LogP contribution in [0, 0.1) is 0 Å². The van der Waals surface area contributed by atoms with E-state index in [4.69, 9.17) is 9.15 Å². The number of hydrogen-bond acceptors (Lipinski definition) is 3. The first-order valence-corrected chi connectivity index (χ1v) is 8.06. The molecule has 0 aliphatic rings. The number of fused-ring (bicyclic) bond motifs is 2. The average Bonchev–Trinajstić information content (AvgIpc) is 3.10. The van der Waals surface area contributed by atoms with Gasteiger partial charge in [-0.15, -0.1) is 0 Å². The van der Waals surface area contributed by atoms with Crippen LogP contribution in [-0.2, 0) is 6.54 Å². The van der Waals surface area contributed by atoms with Crippen LogP contribution in [0.2, 0.25) is 0 Å². The summed E-state index contributed by atoms with van der Waals surface area (Å²) in [5.74, 6) is 0.941. The second-order valence-electron chi connectivity index (χ2n) is 5.88. The second-order valence-corrected chi connectivity index (χ2v) is 5.88. The third-order valence-electron chi connectivity index (χ3n) is 4.21. The van der Waals surface area contributed by atoms with Crippen molar-refractivity contribution in [3.8, 4) is 5.75 Å². The summed E-state index contributed by atoms with van der Waals surface area (Å²) in [5.41, 5.74) is 1.74. The number of amides is 1. The molecule has 1 amide bonds. The molecule has 4 rings (SSSR count). The third kappa shape index (κ3) is 3.06. The van der Waals surface area contributed by atoms with Crippen molar-refractivity contribution in [3.05, 3.63) is 78.1 Å². The van der Waals surface area contributed by atoms with Crippen LogP contribution in [-0.4, -0.2) is 13.0 Å². The van der Waals surface area contributed by atoms with E-state index in [2.05, 4.69) is 11.4 Å². The van der Waals surface area contributed by atoms with Gasteiger partial charge < -0.3 is 14.5 Å². The molecule has 124 valence electrons. The van der Waals surface area contributed by atoms with Gasteiger partial charge in [0.15, 0.2) is 5.76 Å². The molecule has 4 heteroatoms. The molecule has 4 nitrogen and oxygen atoms in total. The molecule has 25 heavy (non-hydrogen) atoms. The first-order valence-electron chi connectivity index (χ1n) is 8.06. The minimum atomic E-state index is -0.217. The number of methoxy groups -OCH3 is 1. The lowest BCUT2D eigenvalue weighted by atomic mass is 10.1. The lowest BCUT2D eigenvalue weighted by molar-refractivity contribution is 0.0925. The molecule has 1 heterocycles. The second kappa shape index (κ2) is 6.32. The van der Waals surface area contributed by atoms with Crippen molar-refractivity contribution in [2.75, 3.05) is 7.11 Å². The van der Waals surface area contributed by atoms with E-state index in [1.54, 1.807) is 13.2 Å². The molecule has 0 unspecified atom stereocenters. The van der Waals surface area contributed by atoms with E-state index in [0.29, 0.717) is 17.9 Å². The predicted molar refractivity (Wildman–Crippen MR) is 97.9 cm³/mol. The van der Waals surface area contributed by atoms with Crippen LogP contribution < -0.4 is 10.1 Å². The summed E-state index contributed by atoms with van der Waals surface area (Å²) in [6.45, 7) is 0.442. The van der Waals surface area contributed by atoms with Crippen LogP contribution in [0.5, 0.6) is 5.75 Å². The average molecular weight is 331 g/mol. The lowest BCUT2D eigenvalue weighted by Gasteiger charge is -2.07. The molecule has 0 bridgehead atoms. The van der Waals surface area contributed by atoms with Gasteiger partial charge in [-0.25, -0.2) is 0 Å². The Kier molecular flexibility index (Phi) is 3.86. The third-order valence-corrected chi connectivity index (χ3v) is 4.21. The molecular weight excluding hydrogens is 314 g/mol. The number of ether oxygens (including phenoxy) is 1. The van der Waals surface area contributed by atoms with E-state index in [-0.39, 0.29) is 5.91 Å². The Morgan fingerprint density at radius 2 is 1.76 bits per heavy atom. The van der Waals surface area contributed by atoms with E-state index in [9.17, 15) is 4.79 Å². The summed E-state index contributed by atoms with van der Waals surface area (Å²) >= 11 is 0. The van der Waals surface area contributed by atoms with Crippen molar-refractivity contribution >= 4 is 27.6 Å². The Morgan fingerprint density at radius 1 is 0.960 bits per heavy atom. The van der Waals surface area contributed by atoms with Gasteiger partial charge in [0.05, 0.1) is 7.11 Å². The Balaban J connectivity index is 1.50. The topological polar surface area (TPSA) is 51.5 Å². The molecule has 4 aromatic rings.